The van der Waals surface area contributed by atoms with Crippen LogP contribution in [0, 0.1) is 11.8 Å². The van der Waals surface area contributed by atoms with Gasteiger partial charge in [-0.15, -0.1) is 0 Å². The van der Waals surface area contributed by atoms with E-state index < -0.39 is 0 Å². The van der Waals surface area contributed by atoms with Gasteiger partial charge in [0.2, 0.25) is 0 Å². The molecule has 3 rings (SSSR count). The molecule has 3 atom stereocenters. The van der Waals surface area contributed by atoms with Gasteiger partial charge in [0.15, 0.2) is 0 Å². The summed E-state index contributed by atoms with van der Waals surface area (Å²) in [6.07, 6.45) is 11.7. The van der Waals surface area contributed by atoms with Gasteiger partial charge in [-0.2, -0.15) is 0 Å². The molecule has 1 heterocycles. The molecule has 0 amide bonds. The van der Waals surface area contributed by atoms with Crippen molar-refractivity contribution in [3.05, 3.63) is 0 Å². The van der Waals surface area contributed by atoms with E-state index in [0.717, 1.165) is 23.9 Å². The van der Waals surface area contributed by atoms with E-state index in [2.05, 4.69) is 17.1 Å². The molecule has 3 aliphatic rings. The standard InChI is InChI=1S/C16H30N2/c1-13-4-2-5-14(10-13)11-18(16-7-8-16)12-15-6-3-9-17-15/h13-17H,2-12H2,1H3. The van der Waals surface area contributed by atoms with Gasteiger partial charge in [0.05, 0.1) is 0 Å². The van der Waals surface area contributed by atoms with E-state index in [-0.39, 0.29) is 0 Å². The first-order valence-corrected chi connectivity index (χ1v) is 8.28. The summed E-state index contributed by atoms with van der Waals surface area (Å²) in [4.78, 5) is 2.84. The Hall–Kier alpha value is -0.0800. The second-order valence-electron chi connectivity index (χ2n) is 7.12. The Labute approximate surface area is 113 Å². The van der Waals surface area contributed by atoms with Crippen molar-refractivity contribution < 1.29 is 0 Å². The average molecular weight is 250 g/mol. The zero-order valence-corrected chi connectivity index (χ0v) is 12.0. The smallest absolute Gasteiger partial charge is 0.0195 e. The van der Waals surface area contributed by atoms with Gasteiger partial charge in [-0.1, -0.05) is 19.8 Å². The molecule has 1 aliphatic heterocycles. The Morgan fingerprint density at radius 1 is 1.00 bits per heavy atom. The first-order valence-electron chi connectivity index (χ1n) is 8.28. The van der Waals surface area contributed by atoms with Gasteiger partial charge in [-0.3, -0.25) is 4.90 Å². The average Bonchev–Trinajstić information content (AvgIpc) is 3.08. The fourth-order valence-corrected chi connectivity index (χ4v) is 4.07. The van der Waals surface area contributed by atoms with Crippen molar-refractivity contribution in [2.45, 2.75) is 70.4 Å². The number of hydrogen-bond acceptors (Lipinski definition) is 2. The summed E-state index contributed by atoms with van der Waals surface area (Å²) in [5, 5.41) is 3.67. The van der Waals surface area contributed by atoms with E-state index in [1.54, 1.807) is 0 Å². The van der Waals surface area contributed by atoms with Crippen LogP contribution in [0.1, 0.15) is 58.3 Å². The van der Waals surface area contributed by atoms with Crippen molar-refractivity contribution in [3.63, 3.8) is 0 Å². The van der Waals surface area contributed by atoms with Gasteiger partial charge in [-0.25, -0.2) is 0 Å². The molecular formula is C16H30N2. The van der Waals surface area contributed by atoms with Crippen LogP contribution >= 0.6 is 0 Å². The highest BCUT2D eigenvalue weighted by Crippen LogP contribution is 2.33. The molecule has 0 aromatic carbocycles. The van der Waals surface area contributed by atoms with E-state index in [0.29, 0.717) is 0 Å². The van der Waals surface area contributed by atoms with E-state index in [1.165, 1.54) is 71.0 Å². The maximum Gasteiger partial charge on any atom is 0.0195 e. The molecule has 2 aliphatic carbocycles. The molecule has 0 bridgehead atoms. The normalized spacial score (nSPS) is 37.3. The van der Waals surface area contributed by atoms with Gasteiger partial charge in [0, 0.05) is 25.2 Å². The molecular weight excluding hydrogens is 220 g/mol. The Morgan fingerprint density at radius 2 is 1.89 bits per heavy atom. The highest BCUT2D eigenvalue weighted by atomic mass is 15.2. The fraction of sp³-hybridized carbons (Fsp3) is 1.00. The molecule has 104 valence electrons. The lowest BCUT2D eigenvalue weighted by Gasteiger charge is -2.33. The Morgan fingerprint density at radius 3 is 2.56 bits per heavy atom. The van der Waals surface area contributed by atoms with Gasteiger partial charge in [0.1, 0.15) is 0 Å². The van der Waals surface area contributed by atoms with E-state index in [9.17, 15) is 0 Å². The predicted molar refractivity (Wildman–Crippen MR) is 76.7 cm³/mol. The van der Waals surface area contributed by atoms with E-state index in [4.69, 9.17) is 0 Å². The number of nitrogens with one attached hydrogen (secondary N) is 1. The summed E-state index contributed by atoms with van der Waals surface area (Å²) in [6.45, 7) is 6.43. The third kappa shape index (κ3) is 3.48. The van der Waals surface area contributed by atoms with Crippen molar-refractivity contribution in [1.82, 2.24) is 10.2 Å². The third-order valence-electron chi connectivity index (χ3n) is 5.22. The second kappa shape index (κ2) is 5.92. The van der Waals surface area contributed by atoms with Crippen LogP contribution in [0.5, 0.6) is 0 Å². The molecule has 18 heavy (non-hydrogen) atoms. The lowest BCUT2D eigenvalue weighted by atomic mass is 9.82. The molecule has 0 spiro atoms. The second-order valence-corrected chi connectivity index (χ2v) is 7.12. The largest absolute Gasteiger partial charge is 0.313 e. The number of nitrogens with zero attached hydrogens (tertiary/aromatic N) is 1. The van der Waals surface area contributed by atoms with Gasteiger partial charge in [-0.05, 0) is 56.9 Å². The maximum absolute atomic E-state index is 3.67. The van der Waals surface area contributed by atoms with Crippen molar-refractivity contribution in [2.24, 2.45) is 11.8 Å². The minimum Gasteiger partial charge on any atom is -0.313 e. The van der Waals surface area contributed by atoms with Crippen LogP contribution in [-0.4, -0.2) is 36.6 Å². The molecule has 1 N–H and O–H groups in total. The van der Waals surface area contributed by atoms with Crippen LogP contribution in [0.3, 0.4) is 0 Å². The first-order chi connectivity index (χ1) is 8.81. The minimum absolute atomic E-state index is 0.798. The number of hydrogen-bond donors (Lipinski definition) is 1. The van der Waals surface area contributed by atoms with E-state index >= 15 is 0 Å². The van der Waals surface area contributed by atoms with Crippen LogP contribution in [-0.2, 0) is 0 Å². The predicted octanol–water partition coefficient (Wildman–Crippen LogP) is 3.03. The van der Waals surface area contributed by atoms with Gasteiger partial charge < -0.3 is 5.32 Å². The molecule has 0 radical (unpaired) electrons. The maximum atomic E-state index is 3.67. The summed E-state index contributed by atoms with van der Waals surface area (Å²) in [5.41, 5.74) is 0. The summed E-state index contributed by atoms with van der Waals surface area (Å²) in [7, 11) is 0. The van der Waals surface area contributed by atoms with Crippen LogP contribution in [0.25, 0.3) is 0 Å². The van der Waals surface area contributed by atoms with Crippen molar-refractivity contribution in [3.8, 4) is 0 Å². The van der Waals surface area contributed by atoms with Crippen molar-refractivity contribution >= 4 is 0 Å². The summed E-state index contributed by atoms with van der Waals surface area (Å²) in [5.74, 6) is 1.98. The SMILES string of the molecule is CC1CCCC(CN(CC2CCCN2)C2CC2)C1. The molecule has 2 saturated carbocycles. The quantitative estimate of drug-likeness (QED) is 0.807. The highest BCUT2D eigenvalue weighted by Gasteiger charge is 2.33. The summed E-state index contributed by atoms with van der Waals surface area (Å²) in [6, 6.07) is 1.75. The lowest BCUT2D eigenvalue weighted by Crippen LogP contribution is -2.41. The van der Waals surface area contributed by atoms with Gasteiger partial charge >= 0.3 is 0 Å². The first kappa shape index (κ1) is 12.9. The topological polar surface area (TPSA) is 15.3 Å². The lowest BCUT2D eigenvalue weighted by molar-refractivity contribution is 0.163. The van der Waals surface area contributed by atoms with Crippen LogP contribution in [0.4, 0.5) is 0 Å². The Bertz CT molecular complexity index is 256. The zero-order chi connectivity index (χ0) is 12.4. The molecule has 2 nitrogen and oxygen atoms in total. The van der Waals surface area contributed by atoms with Crippen molar-refractivity contribution in [1.29, 1.82) is 0 Å². The highest BCUT2D eigenvalue weighted by molar-refractivity contribution is 4.90. The third-order valence-corrected chi connectivity index (χ3v) is 5.22. The molecule has 1 saturated heterocycles. The Kier molecular flexibility index (Phi) is 4.25. The van der Waals surface area contributed by atoms with Crippen molar-refractivity contribution in [2.75, 3.05) is 19.6 Å². The molecule has 3 unspecified atom stereocenters. The fourth-order valence-electron chi connectivity index (χ4n) is 4.07. The van der Waals surface area contributed by atoms with E-state index in [1.807, 2.05) is 0 Å². The molecule has 2 heteroatoms. The minimum atomic E-state index is 0.798. The number of rotatable bonds is 5. The molecule has 3 fully saturated rings. The summed E-state index contributed by atoms with van der Waals surface area (Å²) >= 11 is 0. The summed E-state index contributed by atoms with van der Waals surface area (Å²) < 4.78 is 0. The van der Waals surface area contributed by atoms with Gasteiger partial charge in [0.25, 0.3) is 0 Å². The molecule has 0 aromatic heterocycles. The monoisotopic (exact) mass is 250 g/mol. The van der Waals surface area contributed by atoms with Crippen LogP contribution in [0.2, 0.25) is 0 Å². The zero-order valence-electron chi connectivity index (χ0n) is 12.0. The van der Waals surface area contributed by atoms with Crippen LogP contribution < -0.4 is 5.32 Å². The molecule has 0 aromatic rings. The van der Waals surface area contributed by atoms with Crippen LogP contribution in [0.15, 0.2) is 0 Å². The Balaban J connectivity index is 1.49.